The highest BCUT2D eigenvalue weighted by Gasteiger charge is 2.13. The summed E-state index contributed by atoms with van der Waals surface area (Å²) in [6.45, 7) is 0.550. The number of benzene rings is 1. The quantitative estimate of drug-likeness (QED) is 0.613. The van der Waals surface area contributed by atoms with Gasteiger partial charge in [0.2, 0.25) is 15.9 Å². The molecule has 0 saturated heterocycles. The minimum atomic E-state index is -3.35. The molecule has 0 radical (unpaired) electrons. The van der Waals surface area contributed by atoms with Crippen molar-refractivity contribution in [1.29, 1.82) is 0 Å². The molecule has 0 aliphatic rings. The topological polar surface area (TPSA) is 111 Å². The molecule has 21 heavy (non-hydrogen) atoms. The summed E-state index contributed by atoms with van der Waals surface area (Å²) in [5, 5.41) is 2.66. The van der Waals surface area contributed by atoms with E-state index in [0.717, 1.165) is 6.26 Å². The Bertz CT molecular complexity index is 575. The van der Waals surface area contributed by atoms with E-state index in [-0.39, 0.29) is 5.91 Å². The lowest BCUT2D eigenvalue weighted by atomic mass is 10.1. The maximum atomic E-state index is 11.9. The molecule has 0 heterocycles. The molecule has 0 spiro atoms. The highest BCUT2D eigenvalue weighted by atomic mass is 32.2. The van der Waals surface area contributed by atoms with E-state index in [1.165, 1.54) is 6.07 Å². The SMILES string of the molecule is COCCCC(N)C(=O)Nc1cccc(NS(C)(=O)=O)c1. The fourth-order valence-electron chi connectivity index (χ4n) is 1.69. The van der Waals surface area contributed by atoms with Crippen molar-refractivity contribution in [1.82, 2.24) is 0 Å². The number of carbonyl (C=O) groups excluding carboxylic acids is 1. The summed E-state index contributed by atoms with van der Waals surface area (Å²) < 4.78 is 29.6. The molecule has 0 fully saturated rings. The molecule has 0 aliphatic carbocycles. The predicted molar refractivity (Wildman–Crippen MR) is 82.6 cm³/mol. The monoisotopic (exact) mass is 315 g/mol. The molecule has 0 saturated carbocycles. The Morgan fingerprint density at radius 3 is 2.67 bits per heavy atom. The van der Waals surface area contributed by atoms with Gasteiger partial charge >= 0.3 is 0 Å². The van der Waals surface area contributed by atoms with Gasteiger partial charge in [-0.25, -0.2) is 8.42 Å². The molecule has 1 aromatic carbocycles. The van der Waals surface area contributed by atoms with Crippen LogP contribution in [-0.2, 0) is 19.6 Å². The second kappa shape index (κ2) is 7.96. The lowest BCUT2D eigenvalue weighted by Gasteiger charge is -2.13. The number of hydrogen-bond donors (Lipinski definition) is 3. The summed E-state index contributed by atoms with van der Waals surface area (Å²) in [5.74, 6) is -0.317. The molecule has 0 aliphatic heterocycles. The third kappa shape index (κ3) is 7.07. The maximum Gasteiger partial charge on any atom is 0.241 e. The number of ether oxygens (including phenoxy) is 1. The van der Waals surface area contributed by atoms with E-state index in [9.17, 15) is 13.2 Å². The largest absolute Gasteiger partial charge is 0.385 e. The Labute approximate surface area is 124 Å². The van der Waals surface area contributed by atoms with Crippen molar-refractivity contribution in [2.45, 2.75) is 18.9 Å². The van der Waals surface area contributed by atoms with Gasteiger partial charge in [-0.1, -0.05) is 6.07 Å². The van der Waals surface area contributed by atoms with Crippen LogP contribution >= 0.6 is 0 Å². The van der Waals surface area contributed by atoms with Crippen molar-refractivity contribution in [3.8, 4) is 0 Å². The lowest BCUT2D eigenvalue weighted by Crippen LogP contribution is -2.35. The standard InChI is InChI=1S/C13H21N3O4S/c1-20-8-4-7-12(14)13(17)15-10-5-3-6-11(9-10)16-21(2,18)19/h3,5-6,9,12,16H,4,7-8,14H2,1-2H3,(H,15,17). The summed E-state index contributed by atoms with van der Waals surface area (Å²) in [6.07, 6.45) is 2.27. The molecule has 118 valence electrons. The number of rotatable bonds is 8. The molecule has 1 rings (SSSR count). The molecule has 4 N–H and O–H groups in total. The van der Waals surface area contributed by atoms with Crippen LogP contribution in [0, 0.1) is 0 Å². The van der Waals surface area contributed by atoms with E-state index in [4.69, 9.17) is 10.5 Å². The van der Waals surface area contributed by atoms with Crippen molar-refractivity contribution in [2.75, 3.05) is 30.0 Å². The highest BCUT2D eigenvalue weighted by molar-refractivity contribution is 7.92. The summed E-state index contributed by atoms with van der Waals surface area (Å²) in [5.41, 5.74) is 6.63. The zero-order chi connectivity index (χ0) is 15.9. The molecule has 0 bridgehead atoms. The molecular formula is C13H21N3O4S. The molecular weight excluding hydrogens is 294 g/mol. The number of nitrogens with one attached hydrogen (secondary N) is 2. The normalized spacial score (nSPS) is 12.7. The van der Waals surface area contributed by atoms with Crippen LogP contribution in [0.4, 0.5) is 11.4 Å². The summed E-state index contributed by atoms with van der Waals surface area (Å²) in [4.78, 5) is 11.9. The van der Waals surface area contributed by atoms with Crippen LogP contribution < -0.4 is 15.8 Å². The fourth-order valence-corrected chi connectivity index (χ4v) is 2.24. The predicted octanol–water partition coefficient (Wildman–Crippen LogP) is 0.750. The van der Waals surface area contributed by atoms with Gasteiger partial charge < -0.3 is 15.8 Å². The highest BCUT2D eigenvalue weighted by Crippen LogP contribution is 2.16. The van der Waals surface area contributed by atoms with E-state index in [1.54, 1.807) is 25.3 Å². The third-order valence-electron chi connectivity index (χ3n) is 2.63. The number of anilines is 2. The van der Waals surface area contributed by atoms with Gasteiger partial charge in [0.1, 0.15) is 0 Å². The van der Waals surface area contributed by atoms with Gasteiger partial charge in [0.15, 0.2) is 0 Å². The summed E-state index contributed by atoms with van der Waals surface area (Å²) >= 11 is 0. The molecule has 1 aromatic rings. The molecule has 0 aromatic heterocycles. The zero-order valence-electron chi connectivity index (χ0n) is 12.1. The third-order valence-corrected chi connectivity index (χ3v) is 3.24. The summed E-state index contributed by atoms with van der Waals surface area (Å²) in [7, 11) is -1.77. The van der Waals surface area contributed by atoms with Crippen LogP contribution in [0.25, 0.3) is 0 Å². The second-order valence-electron chi connectivity index (χ2n) is 4.69. The van der Waals surface area contributed by atoms with Gasteiger partial charge in [-0.3, -0.25) is 9.52 Å². The Kier molecular flexibility index (Phi) is 6.60. The first-order chi connectivity index (χ1) is 9.81. The van der Waals surface area contributed by atoms with Gasteiger partial charge in [0, 0.05) is 19.4 Å². The van der Waals surface area contributed by atoms with E-state index >= 15 is 0 Å². The first-order valence-corrected chi connectivity index (χ1v) is 8.34. The van der Waals surface area contributed by atoms with Gasteiger partial charge in [-0.15, -0.1) is 0 Å². The minimum absolute atomic E-state index is 0.317. The number of sulfonamides is 1. The van der Waals surface area contributed by atoms with Crippen LogP contribution in [0.1, 0.15) is 12.8 Å². The molecule has 1 unspecified atom stereocenters. The van der Waals surface area contributed by atoms with E-state index in [2.05, 4.69) is 10.0 Å². The Hall–Kier alpha value is -1.64. The van der Waals surface area contributed by atoms with E-state index < -0.39 is 16.1 Å². The molecule has 1 atom stereocenters. The summed E-state index contributed by atoms with van der Waals surface area (Å²) in [6, 6.07) is 5.79. The first-order valence-electron chi connectivity index (χ1n) is 6.45. The van der Waals surface area contributed by atoms with Gasteiger partial charge in [-0.2, -0.15) is 0 Å². The number of methoxy groups -OCH3 is 1. The van der Waals surface area contributed by atoms with Crippen molar-refractivity contribution >= 4 is 27.3 Å². The molecule has 8 heteroatoms. The number of hydrogen-bond acceptors (Lipinski definition) is 5. The van der Waals surface area contributed by atoms with Gasteiger partial charge in [0.05, 0.1) is 18.0 Å². The lowest BCUT2D eigenvalue weighted by molar-refractivity contribution is -0.117. The van der Waals surface area contributed by atoms with Crippen molar-refractivity contribution in [3.05, 3.63) is 24.3 Å². The van der Waals surface area contributed by atoms with Crippen LogP contribution in [0.5, 0.6) is 0 Å². The Balaban J connectivity index is 2.62. The van der Waals surface area contributed by atoms with Crippen LogP contribution in [0.2, 0.25) is 0 Å². The maximum absolute atomic E-state index is 11.9. The number of amides is 1. The average Bonchev–Trinajstić information content (AvgIpc) is 2.37. The molecule has 1 amide bonds. The molecule has 7 nitrogen and oxygen atoms in total. The van der Waals surface area contributed by atoms with Crippen molar-refractivity contribution in [2.24, 2.45) is 5.73 Å². The van der Waals surface area contributed by atoms with Crippen LogP contribution in [0.15, 0.2) is 24.3 Å². The van der Waals surface area contributed by atoms with Crippen molar-refractivity contribution in [3.63, 3.8) is 0 Å². The first kappa shape index (κ1) is 17.4. The zero-order valence-corrected chi connectivity index (χ0v) is 12.9. The number of nitrogens with two attached hydrogens (primary N) is 1. The smallest absolute Gasteiger partial charge is 0.241 e. The van der Waals surface area contributed by atoms with Gasteiger partial charge in [0.25, 0.3) is 0 Å². The van der Waals surface area contributed by atoms with Gasteiger partial charge in [-0.05, 0) is 31.0 Å². The minimum Gasteiger partial charge on any atom is -0.385 e. The van der Waals surface area contributed by atoms with E-state index in [0.29, 0.717) is 30.8 Å². The van der Waals surface area contributed by atoms with Crippen molar-refractivity contribution < 1.29 is 17.9 Å². The Morgan fingerprint density at radius 1 is 1.38 bits per heavy atom. The Morgan fingerprint density at radius 2 is 2.05 bits per heavy atom. The van der Waals surface area contributed by atoms with Crippen LogP contribution in [0.3, 0.4) is 0 Å². The van der Waals surface area contributed by atoms with Crippen LogP contribution in [-0.4, -0.2) is 40.3 Å². The second-order valence-corrected chi connectivity index (χ2v) is 6.43. The fraction of sp³-hybridized carbons (Fsp3) is 0.462. The van der Waals surface area contributed by atoms with E-state index in [1.807, 2.05) is 0 Å². The average molecular weight is 315 g/mol. The number of carbonyl (C=O) groups is 1.